The van der Waals surface area contributed by atoms with Gasteiger partial charge in [0, 0.05) is 6.54 Å². The van der Waals surface area contributed by atoms with Crippen molar-refractivity contribution >= 4 is 0 Å². The minimum Gasteiger partial charge on any atom is -0.466 e. The lowest BCUT2D eigenvalue weighted by Gasteiger charge is -2.27. The summed E-state index contributed by atoms with van der Waals surface area (Å²) in [7, 11) is 0. The first kappa shape index (κ1) is 14.3. The highest BCUT2D eigenvalue weighted by Crippen LogP contribution is 2.26. The second kappa shape index (κ2) is 5.99. The lowest BCUT2D eigenvalue weighted by atomic mass is 10.1. The smallest absolute Gasteiger partial charge is 0.261 e. The van der Waals surface area contributed by atoms with Gasteiger partial charge in [-0.3, -0.25) is 0 Å². The van der Waals surface area contributed by atoms with Crippen LogP contribution in [0.15, 0.2) is 15.0 Å². The van der Waals surface area contributed by atoms with Gasteiger partial charge in [0.05, 0.1) is 11.6 Å². The highest BCUT2D eigenvalue weighted by molar-refractivity contribution is 5.56. The molecule has 0 saturated carbocycles. The molecule has 1 aliphatic rings. The largest absolute Gasteiger partial charge is 0.466 e. The first-order chi connectivity index (χ1) is 10.1. The Morgan fingerprint density at radius 1 is 1.29 bits per heavy atom. The average Bonchev–Trinajstić information content (AvgIpc) is 3.06. The van der Waals surface area contributed by atoms with E-state index < -0.39 is 0 Å². The fraction of sp³-hybridized carbons (Fsp3) is 0.600. The monoisotopic (exact) mass is 290 g/mol. The van der Waals surface area contributed by atoms with E-state index in [1.807, 2.05) is 19.9 Å². The Bertz CT molecular complexity index is 599. The first-order valence-electron chi connectivity index (χ1n) is 7.52. The Balaban J connectivity index is 1.70. The predicted molar refractivity (Wildman–Crippen MR) is 78.7 cm³/mol. The van der Waals surface area contributed by atoms with Crippen molar-refractivity contribution in [3.63, 3.8) is 0 Å². The zero-order valence-corrected chi connectivity index (χ0v) is 12.6. The van der Waals surface area contributed by atoms with E-state index in [-0.39, 0.29) is 6.04 Å². The number of nitrogens with zero attached hydrogens (tertiary/aromatic N) is 3. The summed E-state index contributed by atoms with van der Waals surface area (Å²) in [6.07, 6.45) is 3.81. The molecule has 0 radical (unpaired) electrons. The summed E-state index contributed by atoms with van der Waals surface area (Å²) < 4.78 is 10.8. The van der Waals surface area contributed by atoms with E-state index in [9.17, 15) is 0 Å². The third kappa shape index (κ3) is 3.16. The molecular formula is C15H22N4O2. The van der Waals surface area contributed by atoms with Crippen LogP contribution in [0.4, 0.5) is 0 Å². The van der Waals surface area contributed by atoms with E-state index in [0.29, 0.717) is 11.7 Å². The molecule has 2 aromatic rings. The molecule has 0 spiro atoms. The van der Waals surface area contributed by atoms with Crippen molar-refractivity contribution in [1.82, 2.24) is 15.0 Å². The second-order valence-electron chi connectivity index (χ2n) is 5.75. The molecule has 1 atom stereocenters. The third-order valence-electron chi connectivity index (χ3n) is 3.95. The van der Waals surface area contributed by atoms with Crippen molar-refractivity contribution in [2.24, 2.45) is 5.73 Å². The standard InChI is InChI=1S/C15H22N4O2/c1-10-8-12(11(2)20-10)15-17-14(18-21-15)13(16)9-19-6-4-3-5-7-19/h8,13H,3-7,9,16H2,1-2H3. The van der Waals surface area contributed by atoms with Crippen LogP contribution in [0.5, 0.6) is 0 Å². The quantitative estimate of drug-likeness (QED) is 0.931. The lowest BCUT2D eigenvalue weighted by molar-refractivity contribution is 0.213. The predicted octanol–water partition coefficient (Wildman–Crippen LogP) is 2.43. The minimum atomic E-state index is -0.214. The average molecular weight is 290 g/mol. The minimum absolute atomic E-state index is 0.214. The van der Waals surface area contributed by atoms with Crippen molar-refractivity contribution in [1.29, 1.82) is 0 Å². The zero-order chi connectivity index (χ0) is 14.8. The van der Waals surface area contributed by atoms with Crippen LogP contribution >= 0.6 is 0 Å². The summed E-state index contributed by atoms with van der Waals surface area (Å²) >= 11 is 0. The molecular weight excluding hydrogens is 268 g/mol. The highest BCUT2D eigenvalue weighted by atomic mass is 16.5. The third-order valence-corrected chi connectivity index (χ3v) is 3.95. The van der Waals surface area contributed by atoms with Crippen LogP contribution in [0.25, 0.3) is 11.5 Å². The van der Waals surface area contributed by atoms with Crippen LogP contribution in [0, 0.1) is 13.8 Å². The molecule has 2 N–H and O–H groups in total. The Labute approximate surface area is 124 Å². The summed E-state index contributed by atoms with van der Waals surface area (Å²) in [5, 5.41) is 4.03. The van der Waals surface area contributed by atoms with Crippen LogP contribution < -0.4 is 5.73 Å². The lowest BCUT2D eigenvalue weighted by Crippen LogP contribution is -2.36. The fourth-order valence-corrected chi connectivity index (χ4v) is 2.84. The molecule has 2 aromatic heterocycles. The Kier molecular flexibility index (Phi) is 4.07. The normalized spacial score (nSPS) is 18.0. The topological polar surface area (TPSA) is 81.3 Å². The summed E-state index contributed by atoms with van der Waals surface area (Å²) in [6.45, 7) is 6.79. The molecule has 1 aliphatic heterocycles. The number of aromatic nitrogens is 2. The maximum Gasteiger partial charge on any atom is 0.261 e. The van der Waals surface area contributed by atoms with E-state index in [1.54, 1.807) is 0 Å². The summed E-state index contributed by atoms with van der Waals surface area (Å²) in [4.78, 5) is 6.80. The van der Waals surface area contributed by atoms with Gasteiger partial charge in [-0.25, -0.2) is 0 Å². The molecule has 0 bridgehead atoms. The number of piperidine rings is 1. The van der Waals surface area contributed by atoms with E-state index in [2.05, 4.69) is 15.0 Å². The maximum absolute atomic E-state index is 6.21. The molecule has 6 nitrogen and oxygen atoms in total. The van der Waals surface area contributed by atoms with Crippen molar-refractivity contribution in [3.8, 4) is 11.5 Å². The van der Waals surface area contributed by atoms with Crippen molar-refractivity contribution < 1.29 is 8.94 Å². The van der Waals surface area contributed by atoms with Gasteiger partial charge in [-0.2, -0.15) is 4.98 Å². The number of aryl methyl sites for hydroxylation is 2. The Morgan fingerprint density at radius 2 is 2.05 bits per heavy atom. The molecule has 0 aromatic carbocycles. The van der Waals surface area contributed by atoms with E-state index >= 15 is 0 Å². The summed E-state index contributed by atoms with van der Waals surface area (Å²) in [6, 6.07) is 1.69. The van der Waals surface area contributed by atoms with Crippen molar-refractivity contribution in [2.45, 2.75) is 39.2 Å². The Morgan fingerprint density at radius 3 is 2.71 bits per heavy atom. The molecule has 0 amide bonds. The molecule has 6 heteroatoms. The van der Waals surface area contributed by atoms with Crippen LogP contribution in [-0.4, -0.2) is 34.7 Å². The maximum atomic E-state index is 6.21. The molecule has 1 unspecified atom stereocenters. The van der Waals surface area contributed by atoms with E-state index in [4.69, 9.17) is 14.7 Å². The SMILES string of the molecule is Cc1cc(-c2nc(C(N)CN3CCCCC3)no2)c(C)o1. The van der Waals surface area contributed by atoms with Gasteiger partial charge in [-0.05, 0) is 45.8 Å². The Hall–Kier alpha value is -1.66. The van der Waals surface area contributed by atoms with Crippen LogP contribution in [0.2, 0.25) is 0 Å². The van der Waals surface area contributed by atoms with Gasteiger partial charge in [0.15, 0.2) is 5.82 Å². The van der Waals surface area contributed by atoms with Crippen LogP contribution in [-0.2, 0) is 0 Å². The summed E-state index contributed by atoms with van der Waals surface area (Å²) in [5.41, 5.74) is 7.05. The van der Waals surface area contributed by atoms with Crippen molar-refractivity contribution in [2.75, 3.05) is 19.6 Å². The molecule has 1 saturated heterocycles. The second-order valence-corrected chi connectivity index (χ2v) is 5.75. The fourth-order valence-electron chi connectivity index (χ4n) is 2.84. The molecule has 3 heterocycles. The highest BCUT2D eigenvalue weighted by Gasteiger charge is 2.21. The van der Waals surface area contributed by atoms with Gasteiger partial charge in [0.1, 0.15) is 11.5 Å². The first-order valence-corrected chi connectivity index (χ1v) is 7.52. The zero-order valence-electron chi connectivity index (χ0n) is 12.6. The van der Waals surface area contributed by atoms with E-state index in [0.717, 1.165) is 36.7 Å². The van der Waals surface area contributed by atoms with Crippen molar-refractivity contribution in [3.05, 3.63) is 23.4 Å². The van der Waals surface area contributed by atoms with Gasteiger partial charge in [0.25, 0.3) is 5.89 Å². The number of nitrogens with two attached hydrogens (primary N) is 1. The van der Waals surface area contributed by atoms with Gasteiger partial charge in [-0.15, -0.1) is 0 Å². The molecule has 21 heavy (non-hydrogen) atoms. The number of hydrogen-bond donors (Lipinski definition) is 1. The number of likely N-dealkylation sites (tertiary alicyclic amines) is 1. The number of furan rings is 1. The van der Waals surface area contributed by atoms with E-state index in [1.165, 1.54) is 19.3 Å². The van der Waals surface area contributed by atoms with Gasteiger partial charge in [-0.1, -0.05) is 11.6 Å². The van der Waals surface area contributed by atoms with Gasteiger partial charge >= 0.3 is 0 Å². The van der Waals surface area contributed by atoms with Crippen LogP contribution in [0.1, 0.15) is 42.6 Å². The molecule has 1 fully saturated rings. The van der Waals surface area contributed by atoms with Crippen LogP contribution in [0.3, 0.4) is 0 Å². The number of rotatable bonds is 4. The molecule has 3 rings (SSSR count). The van der Waals surface area contributed by atoms with Gasteiger partial charge in [0.2, 0.25) is 0 Å². The summed E-state index contributed by atoms with van der Waals surface area (Å²) in [5.74, 6) is 2.66. The number of hydrogen-bond acceptors (Lipinski definition) is 6. The van der Waals surface area contributed by atoms with Gasteiger partial charge < -0.3 is 19.6 Å². The molecule has 0 aliphatic carbocycles. The molecule has 114 valence electrons.